The Balaban J connectivity index is 2.94. The number of aliphatic hydroxyl groups excluding tert-OH is 1. The Kier molecular flexibility index (Phi) is 5.65. The van der Waals surface area contributed by atoms with Crippen LogP contribution in [0.5, 0.6) is 0 Å². The fourth-order valence-electron chi connectivity index (χ4n) is 2.16. The van der Waals surface area contributed by atoms with E-state index in [2.05, 4.69) is 18.7 Å². The number of carbonyl (C=O) groups is 1. The number of hydrogen-bond acceptors (Lipinski definition) is 3. The minimum absolute atomic E-state index is 0.0944. The van der Waals surface area contributed by atoms with Crippen LogP contribution in [0.1, 0.15) is 37.0 Å². The molecular formula is C14H21NO3. The Morgan fingerprint density at radius 3 is 2.17 bits per heavy atom. The summed E-state index contributed by atoms with van der Waals surface area (Å²) in [4.78, 5) is 12.9. The minimum atomic E-state index is -0.919. The molecule has 0 radical (unpaired) electrons. The molecule has 1 aromatic carbocycles. The van der Waals surface area contributed by atoms with Crippen molar-refractivity contribution >= 4 is 11.7 Å². The monoisotopic (exact) mass is 251 g/mol. The number of carboxylic acids is 1. The predicted molar refractivity (Wildman–Crippen MR) is 72.2 cm³/mol. The second kappa shape index (κ2) is 7.01. The molecule has 0 spiro atoms. The van der Waals surface area contributed by atoms with Crippen LogP contribution >= 0.6 is 0 Å². The average Bonchev–Trinajstić information content (AvgIpc) is 2.39. The highest BCUT2D eigenvalue weighted by Crippen LogP contribution is 2.20. The fraction of sp³-hybridized carbons (Fsp3) is 0.500. The van der Waals surface area contributed by atoms with Gasteiger partial charge < -0.3 is 15.1 Å². The first-order valence-corrected chi connectivity index (χ1v) is 6.34. The quantitative estimate of drug-likeness (QED) is 0.781. The number of rotatable bonds is 7. The Hall–Kier alpha value is -1.55. The molecule has 4 heteroatoms. The molecule has 100 valence electrons. The second-order valence-electron chi connectivity index (χ2n) is 4.24. The van der Waals surface area contributed by atoms with E-state index >= 15 is 0 Å². The number of aliphatic hydroxyl groups is 1. The molecule has 0 heterocycles. The largest absolute Gasteiger partial charge is 0.478 e. The molecule has 1 rings (SSSR count). The normalized spacial score (nSPS) is 10.7. The standard InChI is InChI=1S/C14H21NO3/c1-3-12(4-2)15(9-10-16)13-7-5-11(6-8-13)14(17)18/h5-8,12,16H,3-4,9-10H2,1-2H3,(H,17,18). The van der Waals surface area contributed by atoms with E-state index in [9.17, 15) is 4.79 Å². The summed E-state index contributed by atoms with van der Waals surface area (Å²) < 4.78 is 0. The third kappa shape index (κ3) is 3.47. The lowest BCUT2D eigenvalue weighted by molar-refractivity contribution is 0.0697. The summed E-state index contributed by atoms with van der Waals surface area (Å²) in [6.45, 7) is 4.89. The van der Waals surface area contributed by atoms with E-state index in [1.165, 1.54) is 0 Å². The van der Waals surface area contributed by atoms with E-state index in [1.807, 2.05) is 0 Å². The molecule has 0 amide bonds. The summed E-state index contributed by atoms with van der Waals surface area (Å²) in [5, 5.41) is 18.0. The van der Waals surface area contributed by atoms with Gasteiger partial charge in [0.2, 0.25) is 0 Å². The van der Waals surface area contributed by atoms with Crippen LogP contribution in [0.25, 0.3) is 0 Å². The third-order valence-electron chi connectivity index (χ3n) is 3.17. The van der Waals surface area contributed by atoms with Crippen molar-refractivity contribution in [2.75, 3.05) is 18.1 Å². The van der Waals surface area contributed by atoms with Crippen LogP contribution in [-0.2, 0) is 0 Å². The maximum atomic E-state index is 10.8. The summed E-state index contributed by atoms with van der Waals surface area (Å²) in [5.74, 6) is -0.919. The van der Waals surface area contributed by atoms with Crippen molar-refractivity contribution < 1.29 is 15.0 Å². The average molecular weight is 251 g/mol. The highest BCUT2D eigenvalue weighted by molar-refractivity contribution is 5.88. The van der Waals surface area contributed by atoms with Gasteiger partial charge in [-0.05, 0) is 37.1 Å². The molecule has 0 aliphatic carbocycles. The number of anilines is 1. The molecule has 4 nitrogen and oxygen atoms in total. The first-order chi connectivity index (χ1) is 8.63. The molecule has 0 saturated carbocycles. The van der Waals surface area contributed by atoms with E-state index in [4.69, 9.17) is 10.2 Å². The SMILES string of the molecule is CCC(CC)N(CCO)c1ccc(C(=O)O)cc1. The molecule has 0 aromatic heterocycles. The molecule has 0 bridgehead atoms. The number of hydrogen-bond donors (Lipinski definition) is 2. The Labute approximate surface area is 108 Å². The van der Waals surface area contributed by atoms with Gasteiger partial charge in [0.05, 0.1) is 12.2 Å². The molecular weight excluding hydrogens is 230 g/mol. The first-order valence-electron chi connectivity index (χ1n) is 6.34. The fourth-order valence-corrected chi connectivity index (χ4v) is 2.16. The van der Waals surface area contributed by atoms with Crippen molar-refractivity contribution in [3.8, 4) is 0 Å². The molecule has 0 atom stereocenters. The van der Waals surface area contributed by atoms with Crippen molar-refractivity contribution in [2.45, 2.75) is 32.7 Å². The van der Waals surface area contributed by atoms with Crippen molar-refractivity contribution in [1.82, 2.24) is 0 Å². The highest BCUT2D eigenvalue weighted by Gasteiger charge is 2.15. The summed E-state index contributed by atoms with van der Waals surface area (Å²) in [6.07, 6.45) is 1.99. The maximum Gasteiger partial charge on any atom is 0.335 e. The van der Waals surface area contributed by atoms with Gasteiger partial charge in [0.25, 0.3) is 0 Å². The van der Waals surface area contributed by atoms with Gasteiger partial charge in [-0.25, -0.2) is 4.79 Å². The van der Waals surface area contributed by atoms with Gasteiger partial charge in [0.15, 0.2) is 0 Å². The molecule has 0 unspecified atom stereocenters. The Morgan fingerprint density at radius 1 is 1.22 bits per heavy atom. The summed E-state index contributed by atoms with van der Waals surface area (Å²) in [5.41, 5.74) is 1.25. The van der Waals surface area contributed by atoms with E-state index < -0.39 is 5.97 Å². The van der Waals surface area contributed by atoms with Crippen LogP contribution in [0, 0.1) is 0 Å². The van der Waals surface area contributed by atoms with Crippen LogP contribution in [0.3, 0.4) is 0 Å². The lowest BCUT2D eigenvalue weighted by Crippen LogP contribution is -2.36. The minimum Gasteiger partial charge on any atom is -0.478 e. The number of nitrogens with zero attached hydrogens (tertiary/aromatic N) is 1. The van der Waals surface area contributed by atoms with E-state index in [0.717, 1.165) is 18.5 Å². The lowest BCUT2D eigenvalue weighted by Gasteiger charge is -2.32. The van der Waals surface area contributed by atoms with Crippen LogP contribution in [-0.4, -0.2) is 35.4 Å². The summed E-state index contributed by atoms with van der Waals surface area (Å²) in [7, 11) is 0. The van der Waals surface area contributed by atoms with Gasteiger partial charge in [-0.15, -0.1) is 0 Å². The molecule has 18 heavy (non-hydrogen) atoms. The zero-order valence-corrected chi connectivity index (χ0v) is 11.0. The topological polar surface area (TPSA) is 60.8 Å². The number of carboxylic acid groups (broad SMARTS) is 1. The summed E-state index contributed by atoms with van der Waals surface area (Å²) in [6, 6.07) is 7.18. The molecule has 0 aliphatic rings. The lowest BCUT2D eigenvalue weighted by atomic mass is 10.1. The Bertz CT molecular complexity index is 371. The van der Waals surface area contributed by atoms with E-state index in [1.54, 1.807) is 24.3 Å². The van der Waals surface area contributed by atoms with Crippen LogP contribution in [0.2, 0.25) is 0 Å². The third-order valence-corrected chi connectivity index (χ3v) is 3.17. The molecule has 1 aromatic rings. The van der Waals surface area contributed by atoms with E-state index in [0.29, 0.717) is 12.6 Å². The number of aromatic carboxylic acids is 1. The molecule has 0 fully saturated rings. The number of benzene rings is 1. The highest BCUT2D eigenvalue weighted by atomic mass is 16.4. The van der Waals surface area contributed by atoms with Crippen LogP contribution in [0.15, 0.2) is 24.3 Å². The molecule has 2 N–H and O–H groups in total. The van der Waals surface area contributed by atoms with E-state index in [-0.39, 0.29) is 12.2 Å². The second-order valence-corrected chi connectivity index (χ2v) is 4.24. The van der Waals surface area contributed by atoms with Crippen LogP contribution < -0.4 is 4.90 Å². The van der Waals surface area contributed by atoms with Gasteiger partial charge >= 0.3 is 5.97 Å². The predicted octanol–water partition coefficient (Wildman–Crippen LogP) is 2.37. The van der Waals surface area contributed by atoms with Gasteiger partial charge in [-0.2, -0.15) is 0 Å². The van der Waals surface area contributed by atoms with Gasteiger partial charge in [-0.1, -0.05) is 13.8 Å². The van der Waals surface area contributed by atoms with Crippen molar-refractivity contribution in [3.63, 3.8) is 0 Å². The first kappa shape index (κ1) is 14.5. The summed E-state index contributed by atoms with van der Waals surface area (Å²) >= 11 is 0. The molecule has 0 aliphatic heterocycles. The Morgan fingerprint density at radius 2 is 1.78 bits per heavy atom. The molecule has 0 saturated heterocycles. The zero-order valence-electron chi connectivity index (χ0n) is 11.0. The maximum absolute atomic E-state index is 10.8. The van der Waals surface area contributed by atoms with Crippen molar-refractivity contribution in [3.05, 3.63) is 29.8 Å². The van der Waals surface area contributed by atoms with Crippen molar-refractivity contribution in [2.24, 2.45) is 0 Å². The zero-order chi connectivity index (χ0) is 13.5. The van der Waals surface area contributed by atoms with Gasteiger partial charge in [0.1, 0.15) is 0 Å². The van der Waals surface area contributed by atoms with Crippen LogP contribution in [0.4, 0.5) is 5.69 Å². The van der Waals surface area contributed by atoms with Gasteiger partial charge in [-0.3, -0.25) is 0 Å². The smallest absolute Gasteiger partial charge is 0.335 e. The van der Waals surface area contributed by atoms with Gasteiger partial charge in [0, 0.05) is 18.3 Å². The van der Waals surface area contributed by atoms with Crippen molar-refractivity contribution in [1.29, 1.82) is 0 Å².